The molecule has 0 aliphatic carbocycles. The Bertz CT molecular complexity index is 920. The summed E-state index contributed by atoms with van der Waals surface area (Å²) in [6.45, 7) is 5.34. The van der Waals surface area contributed by atoms with Gasteiger partial charge in [0.15, 0.2) is 0 Å². The van der Waals surface area contributed by atoms with Crippen LogP contribution in [-0.4, -0.2) is 42.3 Å². The predicted molar refractivity (Wildman–Crippen MR) is 105 cm³/mol. The monoisotopic (exact) mass is 441 g/mol. The Morgan fingerprint density at radius 3 is 2.16 bits per heavy atom. The van der Waals surface area contributed by atoms with Gasteiger partial charge >= 0.3 is 18.4 Å². The second-order valence-corrected chi connectivity index (χ2v) is 7.40. The molecule has 0 unspecified atom stereocenters. The summed E-state index contributed by atoms with van der Waals surface area (Å²) in [5.74, 6) is -1.37. The van der Waals surface area contributed by atoms with E-state index in [0.717, 1.165) is 12.1 Å². The molecule has 2 N–H and O–H groups in total. The van der Waals surface area contributed by atoms with Crippen molar-refractivity contribution in [2.75, 3.05) is 13.2 Å². The van der Waals surface area contributed by atoms with E-state index in [1.165, 1.54) is 24.3 Å². The third kappa shape index (κ3) is 8.45. The fraction of sp³-hybridized carbons (Fsp3) is 0.333. The van der Waals surface area contributed by atoms with Crippen LogP contribution in [0, 0.1) is 0 Å². The van der Waals surface area contributed by atoms with Crippen LogP contribution in [0.25, 0.3) is 11.1 Å². The van der Waals surface area contributed by atoms with E-state index in [4.69, 9.17) is 9.47 Å². The van der Waals surface area contributed by atoms with Crippen LogP contribution in [0.15, 0.2) is 42.5 Å². The average molecular weight is 441 g/mol. The van der Waals surface area contributed by atoms with E-state index in [1.54, 1.807) is 26.8 Å². The van der Waals surface area contributed by atoms with Gasteiger partial charge in [-0.3, -0.25) is 0 Å². The lowest BCUT2D eigenvalue weighted by Gasteiger charge is -2.19. The topological polar surface area (TPSA) is 94.1 Å². The van der Waals surface area contributed by atoms with Crippen LogP contribution < -0.4 is 14.8 Å². The van der Waals surface area contributed by atoms with Crippen molar-refractivity contribution in [1.29, 1.82) is 0 Å². The molecule has 0 aliphatic heterocycles. The number of carboxylic acid groups (broad SMARTS) is 1. The molecule has 0 spiro atoms. The van der Waals surface area contributed by atoms with E-state index in [-0.39, 0.29) is 24.5 Å². The number of hydrogen-bond donors (Lipinski definition) is 2. The van der Waals surface area contributed by atoms with Crippen molar-refractivity contribution in [1.82, 2.24) is 5.32 Å². The van der Waals surface area contributed by atoms with Crippen molar-refractivity contribution in [3.05, 3.63) is 48.0 Å². The Kier molecular flexibility index (Phi) is 7.37. The van der Waals surface area contributed by atoms with Gasteiger partial charge in [0.05, 0.1) is 12.1 Å². The molecule has 0 aromatic heterocycles. The lowest BCUT2D eigenvalue weighted by Crippen LogP contribution is -2.34. The van der Waals surface area contributed by atoms with Gasteiger partial charge < -0.3 is 24.6 Å². The van der Waals surface area contributed by atoms with E-state index in [0.29, 0.717) is 11.1 Å². The average Bonchev–Trinajstić information content (AvgIpc) is 2.63. The molecule has 31 heavy (non-hydrogen) atoms. The third-order valence-corrected chi connectivity index (χ3v) is 3.61. The lowest BCUT2D eigenvalue weighted by molar-refractivity contribution is -0.274. The van der Waals surface area contributed by atoms with E-state index >= 15 is 0 Å². The van der Waals surface area contributed by atoms with E-state index in [9.17, 15) is 27.9 Å². The summed E-state index contributed by atoms with van der Waals surface area (Å²) in [6.07, 6.45) is -5.42. The summed E-state index contributed by atoms with van der Waals surface area (Å²) in [6, 6.07) is 9.21. The van der Waals surface area contributed by atoms with Crippen molar-refractivity contribution in [3.63, 3.8) is 0 Å². The predicted octanol–water partition coefficient (Wildman–Crippen LogP) is 4.85. The number of hydrogen-bond acceptors (Lipinski definition) is 5. The van der Waals surface area contributed by atoms with Crippen LogP contribution in [0.5, 0.6) is 11.5 Å². The number of alkyl halides is 3. The molecule has 0 saturated heterocycles. The first-order valence-corrected chi connectivity index (χ1v) is 9.17. The molecule has 0 saturated carbocycles. The molecule has 168 valence electrons. The summed E-state index contributed by atoms with van der Waals surface area (Å²) < 4.78 is 51.3. The van der Waals surface area contributed by atoms with Gasteiger partial charge in [0.1, 0.15) is 23.7 Å². The van der Waals surface area contributed by atoms with Gasteiger partial charge in [-0.05, 0) is 62.2 Å². The number of amides is 1. The standard InChI is InChI=1S/C21H22F3NO6/c1-20(2,3)31-19(28)25-8-9-29-17-11-14(10-15(12-17)18(26)27)13-4-6-16(7-5-13)30-21(22,23)24/h4-7,10-12H,8-9H2,1-3H3,(H,25,28)(H,26,27). The fourth-order valence-corrected chi connectivity index (χ4v) is 2.46. The zero-order chi connectivity index (χ0) is 23.2. The van der Waals surface area contributed by atoms with E-state index in [2.05, 4.69) is 10.1 Å². The van der Waals surface area contributed by atoms with Crippen LogP contribution in [-0.2, 0) is 4.74 Å². The Morgan fingerprint density at radius 1 is 0.968 bits per heavy atom. The lowest BCUT2D eigenvalue weighted by atomic mass is 10.0. The highest BCUT2D eigenvalue weighted by Crippen LogP contribution is 2.29. The maximum atomic E-state index is 12.3. The third-order valence-electron chi connectivity index (χ3n) is 3.61. The Balaban J connectivity index is 2.09. The molecule has 10 heteroatoms. The molecular weight excluding hydrogens is 419 g/mol. The van der Waals surface area contributed by atoms with Crippen molar-refractivity contribution >= 4 is 12.1 Å². The number of carboxylic acids is 1. The zero-order valence-electron chi connectivity index (χ0n) is 17.1. The first-order chi connectivity index (χ1) is 14.3. The number of rotatable bonds is 7. The number of carbonyl (C=O) groups excluding carboxylic acids is 1. The van der Waals surface area contributed by atoms with Gasteiger partial charge in [0, 0.05) is 0 Å². The van der Waals surface area contributed by atoms with Gasteiger partial charge in [0.25, 0.3) is 0 Å². The normalized spacial score (nSPS) is 11.5. The van der Waals surface area contributed by atoms with Crippen LogP contribution >= 0.6 is 0 Å². The number of alkyl carbamates (subject to hydrolysis) is 1. The zero-order valence-corrected chi connectivity index (χ0v) is 17.1. The van der Waals surface area contributed by atoms with E-state index in [1.807, 2.05) is 0 Å². The van der Waals surface area contributed by atoms with Gasteiger partial charge in [0.2, 0.25) is 0 Å². The van der Waals surface area contributed by atoms with Crippen LogP contribution in [0.1, 0.15) is 31.1 Å². The molecule has 0 radical (unpaired) electrons. The maximum absolute atomic E-state index is 12.3. The van der Waals surface area contributed by atoms with Crippen LogP contribution in [0.4, 0.5) is 18.0 Å². The minimum Gasteiger partial charge on any atom is -0.492 e. The van der Waals surface area contributed by atoms with Crippen molar-refractivity contribution in [2.45, 2.75) is 32.7 Å². The molecule has 0 heterocycles. The number of benzene rings is 2. The molecule has 0 atom stereocenters. The summed E-state index contributed by atoms with van der Waals surface area (Å²) in [7, 11) is 0. The molecule has 0 bridgehead atoms. The van der Waals surface area contributed by atoms with Crippen LogP contribution in [0.2, 0.25) is 0 Å². The van der Waals surface area contributed by atoms with Gasteiger partial charge in [-0.2, -0.15) is 0 Å². The number of ether oxygens (including phenoxy) is 3. The van der Waals surface area contributed by atoms with Crippen molar-refractivity contribution in [3.8, 4) is 22.6 Å². The molecule has 2 aromatic rings. The highest BCUT2D eigenvalue weighted by Gasteiger charge is 2.31. The molecule has 1 amide bonds. The number of carbonyl (C=O) groups is 2. The number of halogens is 3. The van der Waals surface area contributed by atoms with Crippen LogP contribution in [0.3, 0.4) is 0 Å². The van der Waals surface area contributed by atoms with Gasteiger partial charge in [-0.1, -0.05) is 12.1 Å². The second kappa shape index (κ2) is 9.59. The Hall–Kier alpha value is -3.43. The first kappa shape index (κ1) is 23.8. The molecule has 0 aliphatic rings. The van der Waals surface area contributed by atoms with Crippen molar-refractivity contribution in [2.24, 2.45) is 0 Å². The first-order valence-electron chi connectivity index (χ1n) is 9.17. The van der Waals surface area contributed by atoms with Gasteiger partial charge in [-0.15, -0.1) is 13.2 Å². The molecule has 7 nitrogen and oxygen atoms in total. The molecule has 0 fully saturated rings. The highest BCUT2D eigenvalue weighted by atomic mass is 19.4. The molecule has 2 aromatic carbocycles. The SMILES string of the molecule is CC(C)(C)OC(=O)NCCOc1cc(C(=O)O)cc(-c2ccc(OC(F)(F)F)cc2)c1. The van der Waals surface area contributed by atoms with E-state index < -0.39 is 29.8 Å². The number of aromatic carboxylic acids is 1. The quantitative estimate of drug-likeness (QED) is 0.597. The molecular formula is C21H22F3NO6. The maximum Gasteiger partial charge on any atom is 0.573 e. The minimum atomic E-state index is -4.81. The fourth-order valence-electron chi connectivity index (χ4n) is 2.46. The minimum absolute atomic E-state index is 0.0418. The summed E-state index contributed by atoms with van der Waals surface area (Å²) >= 11 is 0. The van der Waals surface area contributed by atoms with Crippen molar-refractivity contribution < 1.29 is 42.1 Å². The molecule has 2 rings (SSSR count). The Morgan fingerprint density at radius 2 is 1.61 bits per heavy atom. The summed E-state index contributed by atoms with van der Waals surface area (Å²) in [4.78, 5) is 23.0. The van der Waals surface area contributed by atoms with Gasteiger partial charge in [-0.25, -0.2) is 9.59 Å². The summed E-state index contributed by atoms with van der Waals surface area (Å²) in [5, 5.41) is 11.8. The number of nitrogens with one attached hydrogen (secondary N) is 1. The second-order valence-electron chi connectivity index (χ2n) is 7.40. The Labute approximate surface area is 176 Å². The largest absolute Gasteiger partial charge is 0.573 e. The highest BCUT2D eigenvalue weighted by molar-refractivity contribution is 5.90. The summed E-state index contributed by atoms with van der Waals surface area (Å²) in [5.41, 5.74) is 0.183. The smallest absolute Gasteiger partial charge is 0.492 e.